The molecule has 86 valence electrons. The number of aromatic nitrogens is 4. The first-order valence-electron chi connectivity index (χ1n) is 5.12. The van der Waals surface area contributed by atoms with Gasteiger partial charge in [-0.25, -0.2) is 4.98 Å². The van der Waals surface area contributed by atoms with E-state index in [1.54, 1.807) is 24.2 Å². The van der Waals surface area contributed by atoms with E-state index in [1.165, 1.54) is 0 Å². The smallest absolute Gasteiger partial charge is 0.261 e. The van der Waals surface area contributed by atoms with Crippen LogP contribution in [-0.4, -0.2) is 27.0 Å². The van der Waals surface area contributed by atoms with Crippen molar-refractivity contribution < 1.29 is 9.26 Å². The van der Waals surface area contributed by atoms with Crippen LogP contribution in [0.3, 0.4) is 0 Å². The molecule has 0 radical (unpaired) electrons. The van der Waals surface area contributed by atoms with Crippen LogP contribution in [0.5, 0.6) is 5.75 Å². The third-order valence-electron chi connectivity index (χ3n) is 2.46. The average Bonchev–Trinajstić information content (AvgIpc) is 2.98. The highest BCUT2D eigenvalue weighted by atomic mass is 16.5. The van der Waals surface area contributed by atoms with E-state index >= 15 is 0 Å². The molecule has 3 aromatic heterocycles. The van der Waals surface area contributed by atoms with Crippen molar-refractivity contribution in [1.29, 1.82) is 0 Å². The lowest BCUT2D eigenvalue weighted by molar-refractivity contribution is 0.417. The lowest BCUT2D eigenvalue weighted by atomic mass is 10.2. The van der Waals surface area contributed by atoms with Crippen LogP contribution in [0.15, 0.2) is 35.2 Å². The highest BCUT2D eigenvalue weighted by Crippen LogP contribution is 2.24. The second-order valence-corrected chi connectivity index (χ2v) is 3.56. The van der Waals surface area contributed by atoms with Gasteiger partial charge in [-0.05, 0) is 6.07 Å². The van der Waals surface area contributed by atoms with Gasteiger partial charge in [-0.3, -0.25) is 4.68 Å². The van der Waals surface area contributed by atoms with Gasteiger partial charge in [-0.15, -0.1) is 0 Å². The molecule has 0 aliphatic heterocycles. The number of hydrogen-bond acceptors (Lipinski definition) is 5. The predicted octanol–water partition coefficient (Wildman–Crippen LogP) is 1.48. The molecular weight excluding hydrogens is 220 g/mol. The van der Waals surface area contributed by atoms with E-state index in [-0.39, 0.29) is 0 Å². The zero-order chi connectivity index (χ0) is 11.7. The zero-order valence-corrected chi connectivity index (χ0v) is 9.20. The molecule has 0 aliphatic rings. The molecule has 3 aromatic rings. The van der Waals surface area contributed by atoms with Gasteiger partial charge in [0.15, 0.2) is 0 Å². The van der Waals surface area contributed by atoms with Gasteiger partial charge < -0.3 is 9.26 Å². The van der Waals surface area contributed by atoms with Crippen molar-refractivity contribution in [2.75, 3.05) is 7.11 Å². The van der Waals surface area contributed by atoms with Gasteiger partial charge in [0.1, 0.15) is 11.1 Å². The zero-order valence-electron chi connectivity index (χ0n) is 9.20. The fraction of sp³-hybridized carbons (Fsp3) is 0.182. The summed E-state index contributed by atoms with van der Waals surface area (Å²) >= 11 is 0. The molecule has 0 bridgehead atoms. The van der Waals surface area contributed by atoms with E-state index in [2.05, 4.69) is 15.2 Å². The van der Waals surface area contributed by atoms with Crippen LogP contribution in [0, 0.1) is 0 Å². The van der Waals surface area contributed by atoms with Gasteiger partial charge in [0, 0.05) is 18.5 Å². The number of hydrogen-bond donors (Lipinski definition) is 0. The molecule has 0 spiro atoms. The number of ether oxygens (including phenoxy) is 1. The van der Waals surface area contributed by atoms with Crippen LogP contribution >= 0.6 is 0 Å². The predicted molar refractivity (Wildman–Crippen MR) is 59.7 cm³/mol. The number of rotatable bonds is 3. The molecule has 0 amide bonds. The number of pyridine rings is 1. The van der Waals surface area contributed by atoms with Gasteiger partial charge in [0.2, 0.25) is 0 Å². The molecule has 0 N–H and O–H groups in total. The van der Waals surface area contributed by atoms with Crippen molar-refractivity contribution in [3.63, 3.8) is 0 Å². The van der Waals surface area contributed by atoms with Crippen LogP contribution < -0.4 is 4.74 Å². The normalized spacial score (nSPS) is 10.9. The summed E-state index contributed by atoms with van der Waals surface area (Å²) in [6, 6.07) is 3.73. The van der Waals surface area contributed by atoms with Crippen LogP contribution in [0.2, 0.25) is 0 Å². The highest BCUT2D eigenvalue weighted by Gasteiger charge is 2.10. The van der Waals surface area contributed by atoms with Gasteiger partial charge in [0.25, 0.3) is 5.71 Å². The first-order valence-corrected chi connectivity index (χ1v) is 5.12. The number of methoxy groups -OCH3 is 1. The van der Waals surface area contributed by atoms with Crippen molar-refractivity contribution in [2.24, 2.45) is 0 Å². The Morgan fingerprint density at radius 3 is 3.18 bits per heavy atom. The molecule has 0 saturated heterocycles. The maximum atomic E-state index is 5.28. The topological polar surface area (TPSA) is 66.0 Å². The van der Waals surface area contributed by atoms with Crippen LogP contribution in [-0.2, 0) is 6.54 Å². The summed E-state index contributed by atoms with van der Waals surface area (Å²) in [5.41, 5.74) is 1.29. The molecule has 3 heterocycles. The molecule has 6 heteroatoms. The van der Waals surface area contributed by atoms with Crippen LogP contribution in [0.4, 0.5) is 0 Å². The average molecular weight is 230 g/mol. The molecule has 17 heavy (non-hydrogen) atoms. The van der Waals surface area contributed by atoms with Crippen LogP contribution in [0.25, 0.3) is 11.1 Å². The van der Waals surface area contributed by atoms with Gasteiger partial charge in [0.05, 0.1) is 25.5 Å². The molecule has 6 nitrogen and oxygen atoms in total. The summed E-state index contributed by atoms with van der Waals surface area (Å²) in [6.45, 7) is 0.569. The fourth-order valence-corrected chi connectivity index (χ4v) is 1.68. The van der Waals surface area contributed by atoms with E-state index in [1.807, 2.05) is 18.3 Å². The first kappa shape index (κ1) is 9.83. The van der Waals surface area contributed by atoms with Crippen LogP contribution in [0.1, 0.15) is 5.69 Å². The Kier molecular flexibility index (Phi) is 2.25. The number of fused-ring (bicyclic) bond motifs is 1. The Labute approximate surface area is 96.8 Å². The molecule has 0 aromatic carbocycles. The standard InChI is InChI=1S/C11H10N4O2/c1-16-10-5-8(7-15-4-2-3-12-15)14-11-9(10)6-13-17-11/h2-6H,7H2,1H3. The van der Waals surface area contributed by atoms with Crippen molar-refractivity contribution >= 4 is 11.1 Å². The Morgan fingerprint density at radius 2 is 2.41 bits per heavy atom. The minimum Gasteiger partial charge on any atom is -0.496 e. The largest absolute Gasteiger partial charge is 0.496 e. The Hall–Kier alpha value is -2.37. The summed E-state index contributed by atoms with van der Waals surface area (Å²) in [7, 11) is 1.61. The van der Waals surface area contributed by atoms with E-state index < -0.39 is 0 Å². The summed E-state index contributed by atoms with van der Waals surface area (Å²) in [5, 5.41) is 8.61. The van der Waals surface area contributed by atoms with Gasteiger partial charge in [-0.1, -0.05) is 5.16 Å². The maximum absolute atomic E-state index is 5.28. The van der Waals surface area contributed by atoms with E-state index in [4.69, 9.17) is 9.26 Å². The van der Waals surface area contributed by atoms with Gasteiger partial charge in [-0.2, -0.15) is 5.10 Å². The molecule has 3 rings (SSSR count). The van der Waals surface area contributed by atoms with E-state index in [9.17, 15) is 0 Å². The molecule has 0 unspecified atom stereocenters. The van der Waals surface area contributed by atoms with Crippen molar-refractivity contribution in [1.82, 2.24) is 19.9 Å². The monoisotopic (exact) mass is 230 g/mol. The minimum atomic E-state index is 0.478. The molecular formula is C11H10N4O2. The quantitative estimate of drug-likeness (QED) is 0.681. The number of nitrogens with zero attached hydrogens (tertiary/aromatic N) is 4. The fourth-order valence-electron chi connectivity index (χ4n) is 1.68. The lowest BCUT2D eigenvalue weighted by Gasteiger charge is -2.04. The third kappa shape index (κ3) is 1.73. The molecule has 0 atom stereocenters. The van der Waals surface area contributed by atoms with E-state index in [0.29, 0.717) is 18.0 Å². The second kappa shape index (κ2) is 3.89. The second-order valence-electron chi connectivity index (χ2n) is 3.56. The summed E-state index contributed by atoms with van der Waals surface area (Å²) in [6.07, 6.45) is 5.20. The summed E-state index contributed by atoms with van der Waals surface area (Å²) in [5.74, 6) is 0.707. The summed E-state index contributed by atoms with van der Waals surface area (Å²) in [4.78, 5) is 4.35. The van der Waals surface area contributed by atoms with Crippen molar-refractivity contribution in [3.05, 3.63) is 36.4 Å². The lowest BCUT2D eigenvalue weighted by Crippen LogP contribution is -2.02. The maximum Gasteiger partial charge on any atom is 0.261 e. The molecule has 0 fully saturated rings. The Balaban J connectivity index is 2.04. The third-order valence-corrected chi connectivity index (χ3v) is 2.46. The summed E-state index contributed by atoms with van der Waals surface area (Å²) < 4.78 is 12.1. The Bertz CT molecular complexity index is 630. The Morgan fingerprint density at radius 1 is 1.47 bits per heavy atom. The highest BCUT2D eigenvalue weighted by molar-refractivity contribution is 5.79. The van der Waals surface area contributed by atoms with Crippen molar-refractivity contribution in [3.8, 4) is 5.75 Å². The minimum absolute atomic E-state index is 0.478. The molecule has 0 saturated carbocycles. The van der Waals surface area contributed by atoms with Gasteiger partial charge >= 0.3 is 0 Å². The van der Waals surface area contributed by atoms with E-state index in [0.717, 1.165) is 11.1 Å². The first-order chi connectivity index (χ1) is 8.36. The molecule has 0 aliphatic carbocycles. The SMILES string of the molecule is COc1cc(Cn2cccn2)nc2oncc12. The van der Waals surface area contributed by atoms with Crippen molar-refractivity contribution in [2.45, 2.75) is 6.54 Å².